The summed E-state index contributed by atoms with van der Waals surface area (Å²) in [5.41, 5.74) is 7.46. The van der Waals surface area contributed by atoms with Gasteiger partial charge in [0.15, 0.2) is 0 Å². The number of Topliss-reactive ketones (excluding diaryl/α,β-unsaturated/α-hetero) is 1. The van der Waals surface area contributed by atoms with Crippen LogP contribution in [0.4, 0.5) is 0 Å². The summed E-state index contributed by atoms with van der Waals surface area (Å²) in [7, 11) is 0. The quantitative estimate of drug-likeness (QED) is 0.514. The molecule has 1 heterocycles. The molecule has 3 heteroatoms. The average molecular weight is 411 g/mol. The number of hydrogen-bond acceptors (Lipinski definition) is 3. The lowest BCUT2D eigenvalue weighted by Gasteiger charge is -2.34. The molecule has 6 rings (SSSR count). The third-order valence-corrected chi connectivity index (χ3v) is 7.11. The van der Waals surface area contributed by atoms with Gasteiger partial charge in [0.05, 0.1) is 6.10 Å². The number of benzene rings is 3. The molecule has 0 spiro atoms. The van der Waals surface area contributed by atoms with Gasteiger partial charge in [-0.2, -0.15) is 0 Å². The Morgan fingerprint density at radius 1 is 0.806 bits per heavy atom. The van der Waals surface area contributed by atoms with Gasteiger partial charge >= 0.3 is 0 Å². The smallest absolute Gasteiger partial charge is 0.264 e. The van der Waals surface area contributed by atoms with Crippen molar-refractivity contribution in [3.8, 4) is 5.75 Å². The zero-order valence-electron chi connectivity index (χ0n) is 17.6. The van der Waals surface area contributed by atoms with Crippen molar-refractivity contribution in [2.75, 3.05) is 0 Å². The molecule has 0 saturated carbocycles. The fourth-order valence-electron chi connectivity index (χ4n) is 5.65. The highest BCUT2D eigenvalue weighted by molar-refractivity contribution is 5.98. The van der Waals surface area contributed by atoms with E-state index in [4.69, 9.17) is 9.47 Å². The van der Waals surface area contributed by atoms with Gasteiger partial charge < -0.3 is 9.47 Å². The number of fused-ring (bicyclic) bond motifs is 7. The van der Waals surface area contributed by atoms with Crippen LogP contribution in [-0.4, -0.2) is 18.2 Å². The molecule has 3 nitrogen and oxygen atoms in total. The monoisotopic (exact) mass is 410 g/mol. The van der Waals surface area contributed by atoms with Crippen LogP contribution in [0.3, 0.4) is 0 Å². The number of carbonyl (C=O) groups is 1. The highest BCUT2D eigenvalue weighted by Crippen LogP contribution is 2.48. The van der Waals surface area contributed by atoms with Crippen molar-refractivity contribution in [3.05, 3.63) is 100 Å². The molecule has 2 unspecified atom stereocenters. The van der Waals surface area contributed by atoms with Crippen LogP contribution in [0.15, 0.2) is 66.7 Å². The van der Waals surface area contributed by atoms with E-state index in [9.17, 15) is 4.79 Å². The number of ether oxygens (including phenoxy) is 2. The first-order valence-electron chi connectivity index (χ1n) is 11.4. The van der Waals surface area contributed by atoms with Crippen molar-refractivity contribution in [3.63, 3.8) is 0 Å². The van der Waals surface area contributed by atoms with Gasteiger partial charge in [0.2, 0.25) is 5.78 Å². The minimum atomic E-state index is -0.914. The molecule has 2 aliphatic carbocycles. The first-order chi connectivity index (χ1) is 15.3. The maximum absolute atomic E-state index is 13.3. The Bertz CT molecular complexity index is 1130. The van der Waals surface area contributed by atoms with Crippen molar-refractivity contribution >= 4 is 5.78 Å². The molecular weight excluding hydrogens is 384 g/mol. The second-order valence-electron chi connectivity index (χ2n) is 8.89. The Morgan fingerprint density at radius 3 is 2.52 bits per heavy atom. The Morgan fingerprint density at radius 2 is 1.61 bits per heavy atom. The molecule has 0 aromatic heterocycles. The third kappa shape index (κ3) is 3.19. The van der Waals surface area contributed by atoms with Crippen molar-refractivity contribution in [2.24, 2.45) is 0 Å². The number of aryl methyl sites for hydroxylation is 2. The number of ketones is 1. The maximum atomic E-state index is 13.3. The van der Waals surface area contributed by atoms with Crippen molar-refractivity contribution in [1.82, 2.24) is 0 Å². The van der Waals surface area contributed by atoms with Gasteiger partial charge in [-0.15, -0.1) is 0 Å². The molecule has 0 amide bonds. The zero-order valence-corrected chi connectivity index (χ0v) is 17.6. The Balaban J connectivity index is 1.51. The molecule has 3 aliphatic rings. The lowest BCUT2D eigenvalue weighted by molar-refractivity contribution is -0.0933. The van der Waals surface area contributed by atoms with E-state index in [1.54, 1.807) is 0 Å². The number of carbonyl (C=O) groups excluding carboxylic acids is 1. The van der Waals surface area contributed by atoms with Gasteiger partial charge in [0.25, 0.3) is 6.29 Å². The van der Waals surface area contributed by atoms with Gasteiger partial charge in [-0.05, 0) is 66.8 Å². The lowest BCUT2D eigenvalue weighted by Crippen LogP contribution is -2.36. The summed E-state index contributed by atoms with van der Waals surface area (Å²) in [6.07, 6.45) is 5.52. The summed E-state index contributed by atoms with van der Waals surface area (Å²) >= 11 is 0. The van der Waals surface area contributed by atoms with Crippen LogP contribution in [0, 0.1) is 0 Å². The van der Waals surface area contributed by atoms with Crippen LogP contribution in [0.5, 0.6) is 5.75 Å². The summed E-state index contributed by atoms with van der Waals surface area (Å²) in [5, 5.41) is 0. The van der Waals surface area contributed by atoms with Crippen LogP contribution >= 0.6 is 0 Å². The molecule has 0 bridgehead atoms. The maximum Gasteiger partial charge on any atom is 0.264 e. The molecular formula is C28H26O3. The average Bonchev–Trinajstić information content (AvgIpc) is 3.01. The van der Waals surface area contributed by atoms with Crippen LogP contribution in [-0.2, 0) is 24.0 Å². The predicted octanol–water partition coefficient (Wildman–Crippen LogP) is 5.63. The minimum Gasteiger partial charge on any atom is -0.457 e. The van der Waals surface area contributed by atoms with Gasteiger partial charge in [-0.1, -0.05) is 60.7 Å². The molecule has 0 saturated heterocycles. The summed E-state index contributed by atoms with van der Waals surface area (Å²) < 4.78 is 12.9. The Kier molecular flexibility index (Phi) is 4.65. The SMILES string of the molecule is O=C(c1ccccc1)C1Oc2ccc3c(c2[C@H]2c4ccccc4CCC2O1)CCCC3. The van der Waals surface area contributed by atoms with E-state index in [-0.39, 0.29) is 17.8 Å². The van der Waals surface area contributed by atoms with E-state index in [0.29, 0.717) is 5.56 Å². The molecule has 156 valence electrons. The van der Waals surface area contributed by atoms with E-state index in [2.05, 4.69) is 36.4 Å². The molecule has 0 N–H and O–H groups in total. The number of hydrogen-bond donors (Lipinski definition) is 0. The standard InChI is InChI=1S/C28H26O3/c29-27(20-10-2-1-3-11-20)28-30-23-16-14-18-8-4-6-12-21(18)25(23)26-22-13-7-5-9-19(22)15-17-24(26)31-28/h1-4,6,8,10-12,15,17,23,25,28H,5,7,9,13-14,16H2/t23?,25-,28?/m0/s1. The summed E-state index contributed by atoms with van der Waals surface area (Å²) in [4.78, 5) is 13.3. The topological polar surface area (TPSA) is 35.5 Å². The highest BCUT2D eigenvalue weighted by atomic mass is 16.7. The summed E-state index contributed by atoms with van der Waals surface area (Å²) in [6.45, 7) is 0. The van der Waals surface area contributed by atoms with Crippen LogP contribution in [0.2, 0.25) is 0 Å². The largest absolute Gasteiger partial charge is 0.457 e. The lowest BCUT2D eigenvalue weighted by atomic mass is 9.73. The normalized spacial score (nSPS) is 23.9. The van der Waals surface area contributed by atoms with E-state index >= 15 is 0 Å². The van der Waals surface area contributed by atoms with Gasteiger partial charge in [0.1, 0.15) is 5.75 Å². The predicted molar refractivity (Wildman–Crippen MR) is 120 cm³/mol. The second kappa shape index (κ2) is 7.65. The zero-order chi connectivity index (χ0) is 20.8. The highest BCUT2D eigenvalue weighted by Gasteiger charge is 2.42. The fourth-order valence-corrected chi connectivity index (χ4v) is 5.65. The van der Waals surface area contributed by atoms with Crippen molar-refractivity contribution in [2.45, 2.75) is 56.8 Å². The van der Waals surface area contributed by atoms with Crippen LogP contribution in [0.1, 0.15) is 63.4 Å². The van der Waals surface area contributed by atoms with E-state index in [1.165, 1.54) is 40.7 Å². The third-order valence-electron chi connectivity index (χ3n) is 7.11. The first-order valence-corrected chi connectivity index (χ1v) is 11.4. The molecule has 1 aliphatic heterocycles. The summed E-state index contributed by atoms with van der Waals surface area (Å²) in [5.74, 6) is 0.824. The van der Waals surface area contributed by atoms with Gasteiger partial charge in [-0.3, -0.25) is 4.79 Å². The van der Waals surface area contributed by atoms with Crippen LogP contribution in [0.25, 0.3) is 0 Å². The molecule has 3 atom stereocenters. The Labute approximate surface area is 183 Å². The molecule has 3 aromatic carbocycles. The van der Waals surface area contributed by atoms with Gasteiger partial charge in [0, 0.05) is 17.0 Å². The number of rotatable bonds is 2. The summed E-state index contributed by atoms with van der Waals surface area (Å²) in [6, 6.07) is 22.3. The van der Waals surface area contributed by atoms with Crippen LogP contribution < -0.4 is 4.74 Å². The molecule has 0 radical (unpaired) electrons. The van der Waals surface area contributed by atoms with Crippen molar-refractivity contribution in [1.29, 1.82) is 0 Å². The van der Waals surface area contributed by atoms with E-state index in [0.717, 1.165) is 31.4 Å². The molecule has 31 heavy (non-hydrogen) atoms. The Hall–Kier alpha value is -2.91. The van der Waals surface area contributed by atoms with E-state index in [1.807, 2.05) is 30.3 Å². The van der Waals surface area contributed by atoms with Gasteiger partial charge in [-0.25, -0.2) is 0 Å². The fraction of sp³-hybridized carbons (Fsp3) is 0.321. The molecule has 3 aromatic rings. The van der Waals surface area contributed by atoms with E-state index < -0.39 is 6.29 Å². The van der Waals surface area contributed by atoms with Crippen molar-refractivity contribution < 1.29 is 14.3 Å². The molecule has 0 fully saturated rings. The second-order valence-corrected chi connectivity index (χ2v) is 8.89. The minimum absolute atomic E-state index is 0.0674. The first kappa shape index (κ1) is 18.8.